The number of phosphoric acid groups is 2. The second kappa shape index (κ2) is 17.0. The summed E-state index contributed by atoms with van der Waals surface area (Å²) in [6.07, 6.45) is -8.83. The summed E-state index contributed by atoms with van der Waals surface area (Å²) in [5.41, 5.74) is 11.3. The molecule has 3 aromatic heterocycles. The molecule has 0 aromatic carbocycles. The molecule has 5 N–H and O–H groups in total. The number of imidazole rings is 1. The van der Waals surface area contributed by atoms with Crippen LogP contribution in [-0.2, 0) is 41.5 Å². The predicted molar refractivity (Wildman–Crippen MR) is 162 cm³/mol. The molecule has 2 aliphatic heterocycles. The summed E-state index contributed by atoms with van der Waals surface area (Å²) >= 11 is 0. The third-order valence-corrected chi connectivity index (χ3v) is 9.95. The predicted octanol–water partition coefficient (Wildman–Crippen LogP) is -2.13. The number of carbonyl (C=O) groups excluding carboxylic acids is 1. The monoisotopic (exact) mass is 776 g/mol. The Morgan fingerprint density at radius 2 is 1.88 bits per heavy atom. The summed E-state index contributed by atoms with van der Waals surface area (Å²) in [6, 6.07) is 2.90. The first-order valence-corrected chi connectivity index (χ1v) is 18.0. The van der Waals surface area contributed by atoms with E-state index < -0.39 is 71.5 Å². The zero-order chi connectivity index (χ0) is 37.6. The van der Waals surface area contributed by atoms with Crippen molar-refractivity contribution in [3.8, 4) is 0 Å². The van der Waals surface area contributed by atoms with E-state index in [1.165, 1.54) is 46.9 Å². The molecule has 6 unspecified atom stereocenters. The molecular formula is C25H32N9O16P2-. The molecule has 0 bridgehead atoms. The van der Waals surface area contributed by atoms with Crippen LogP contribution in [0.4, 0.5) is 5.82 Å². The Balaban J connectivity index is 1.15. The average molecular weight is 777 g/mol. The van der Waals surface area contributed by atoms with Crippen molar-refractivity contribution in [1.29, 1.82) is 0 Å². The van der Waals surface area contributed by atoms with E-state index >= 15 is 0 Å². The molecule has 0 saturated carbocycles. The molecule has 2 fully saturated rings. The molecule has 3 aromatic rings. The summed E-state index contributed by atoms with van der Waals surface area (Å²) in [6.45, 7) is 0.806. The van der Waals surface area contributed by atoms with Crippen LogP contribution in [0.1, 0.15) is 29.7 Å². The Morgan fingerprint density at radius 3 is 2.63 bits per heavy atom. The van der Waals surface area contributed by atoms with Crippen LogP contribution in [0.5, 0.6) is 0 Å². The van der Waals surface area contributed by atoms with Gasteiger partial charge in [0.1, 0.15) is 30.7 Å². The van der Waals surface area contributed by atoms with Gasteiger partial charge in [0.25, 0.3) is 21.9 Å². The number of aliphatic hydroxyl groups is 4. The van der Waals surface area contributed by atoms with Gasteiger partial charge >= 0.3 is 0 Å². The van der Waals surface area contributed by atoms with Crippen molar-refractivity contribution in [3.63, 3.8) is 0 Å². The van der Waals surface area contributed by atoms with Gasteiger partial charge < -0.3 is 44.2 Å². The second-order valence-electron chi connectivity index (χ2n) is 11.0. The van der Waals surface area contributed by atoms with Gasteiger partial charge in [-0.05, 0) is 18.5 Å². The lowest BCUT2D eigenvalue weighted by molar-refractivity contribution is -0.767. The summed E-state index contributed by atoms with van der Waals surface area (Å²) < 4.78 is 56.7. The van der Waals surface area contributed by atoms with E-state index in [1.807, 2.05) is 0 Å². The number of hydrogen-bond acceptors (Lipinski definition) is 21. The Bertz CT molecular complexity index is 1870. The van der Waals surface area contributed by atoms with E-state index in [2.05, 4.69) is 43.8 Å². The minimum Gasteiger partial charge on any atom is -0.756 e. The molecule has 5 rings (SSSR count). The van der Waals surface area contributed by atoms with Crippen LogP contribution in [-0.4, -0.2) is 116 Å². The summed E-state index contributed by atoms with van der Waals surface area (Å²) in [7, 11) is -11.7. The van der Waals surface area contributed by atoms with E-state index in [0.717, 1.165) is 6.33 Å². The molecule has 5 heterocycles. The van der Waals surface area contributed by atoms with Crippen LogP contribution >= 0.6 is 15.6 Å². The van der Waals surface area contributed by atoms with Crippen LogP contribution in [0.3, 0.4) is 0 Å². The van der Waals surface area contributed by atoms with Gasteiger partial charge in [-0.15, -0.1) is 0 Å². The molecule has 25 nitrogen and oxygen atoms in total. The van der Waals surface area contributed by atoms with Crippen LogP contribution in [0.25, 0.3) is 21.6 Å². The fraction of sp³-hybridized carbons (Fsp3) is 0.560. The molecule has 2 aliphatic rings. The number of fused-ring (bicyclic) bond motifs is 1. The summed E-state index contributed by atoms with van der Waals surface area (Å²) in [4.78, 5) is 56.9. The zero-order valence-electron chi connectivity index (χ0n) is 26.8. The number of phosphoric ester groups is 2. The maximum Gasteiger partial charge on any atom is 0.294 e. The van der Waals surface area contributed by atoms with Gasteiger partial charge in [-0.25, -0.2) is 24.7 Å². The number of hydrogen-bond donors (Lipinski definition) is 5. The lowest BCUT2D eigenvalue weighted by atomic mass is 10.1. The maximum absolute atomic E-state index is 12.5. The van der Waals surface area contributed by atoms with Crippen LogP contribution < -0.4 is 19.8 Å². The second-order valence-corrected chi connectivity index (χ2v) is 13.9. The van der Waals surface area contributed by atoms with Crippen molar-refractivity contribution in [2.45, 2.75) is 56.2 Å². The quantitative estimate of drug-likeness (QED) is 0.0135. The highest BCUT2D eigenvalue weighted by atomic mass is 31.3. The number of pyridine rings is 1. The first kappa shape index (κ1) is 39.6. The molecule has 284 valence electrons. The molecule has 0 aliphatic carbocycles. The molecule has 2 saturated heterocycles. The number of azide groups is 1. The topological polar surface area (TPSA) is 351 Å². The molecule has 0 amide bonds. The Hall–Kier alpha value is -3.58. The van der Waals surface area contributed by atoms with Gasteiger partial charge in [0.2, 0.25) is 6.29 Å². The standard InChI is InChI=1S/C25H33N9O16P2/c1-13(35)14-3-2-5-33(9-14)23-19(38)20(39)25(48-23)49-52(42,43)50-51(40,41)46-10-15-17(36)18(37)24(47-15)34-12-29-16-21(27-11-28-22(16)34)31-45-8-7-44-6-4-30-32-26/h2-3,5,9,11-12,15,17-20,23-25,36-39H,4,6-8,10H2,1H3,(H2-,27,28,31,40,41,42,43)/p-1/t15-,17?,18?,19?,20?,23+,24-,25+/m1/s1. The number of nitrogens with zero attached hydrogens (tertiary/aromatic N) is 8. The number of anilines is 1. The van der Waals surface area contributed by atoms with E-state index in [9.17, 15) is 44.1 Å². The maximum atomic E-state index is 12.5. The largest absolute Gasteiger partial charge is 0.756 e. The number of rotatable bonds is 18. The third-order valence-electron chi connectivity index (χ3n) is 7.41. The van der Waals surface area contributed by atoms with Gasteiger partial charge in [-0.2, -0.15) is 4.57 Å². The van der Waals surface area contributed by atoms with Gasteiger partial charge in [-0.3, -0.25) is 32.6 Å². The zero-order valence-corrected chi connectivity index (χ0v) is 28.6. The Morgan fingerprint density at radius 1 is 1.10 bits per heavy atom. The van der Waals surface area contributed by atoms with Crippen LogP contribution in [0, 0.1) is 0 Å². The number of ether oxygens (including phenoxy) is 3. The van der Waals surface area contributed by atoms with Gasteiger partial charge in [0.15, 0.2) is 47.5 Å². The van der Waals surface area contributed by atoms with Gasteiger partial charge in [-0.1, -0.05) is 5.11 Å². The van der Waals surface area contributed by atoms with Crippen LogP contribution in [0.2, 0.25) is 0 Å². The number of Topliss-reactive ketones (excluding diaryl/α,β-unsaturated/α-hetero) is 1. The Labute approximate surface area is 292 Å². The molecule has 10 atom stereocenters. The first-order valence-electron chi connectivity index (χ1n) is 15.1. The number of carbonyl (C=O) groups is 1. The SMILES string of the molecule is CC(=O)c1ccc[n+]([C@H]2O[C@@H](OP(=O)([O-])OP(=O)([O-])OC[C@H]3O[C@@H](n4cnc5c(NOCCOCCN=[N+]=[N-])ncnc54)C(O)C3O)C(O)C2O)c1. The number of aromatic nitrogens is 5. The molecule has 0 spiro atoms. The Kier molecular flexibility index (Phi) is 13.0. The van der Waals surface area contributed by atoms with Crippen molar-refractivity contribution in [3.05, 3.63) is 53.2 Å². The first-order chi connectivity index (χ1) is 24.7. The molecule has 27 heteroatoms. The van der Waals surface area contributed by atoms with Crippen molar-refractivity contribution >= 4 is 38.4 Å². The van der Waals surface area contributed by atoms with Crippen molar-refractivity contribution in [1.82, 2.24) is 19.5 Å². The average Bonchev–Trinajstić information content (AvgIpc) is 3.74. The normalized spacial score (nSPS) is 28.3. The molecular weight excluding hydrogens is 744 g/mol. The lowest BCUT2D eigenvalue weighted by Crippen LogP contribution is -2.46. The minimum absolute atomic E-state index is 0.0687. The smallest absolute Gasteiger partial charge is 0.294 e. The number of aliphatic hydroxyl groups excluding tert-OH is 4. The lowest BCUT2D eigenvalue weighted by Gasteiger charge is -2.32. The molecule has 0 radical (unpaired) electrons. The van der Waals surface area contributed by atoms with E-state index in [4.69, 9.17) is 24.6 Å². The van der Waals surface area contributed by atoms with Crippen molar-refractivity contribution in [2.75, 3.05) is 38.5 Å². The van der Waals surface area contributed by atoms with Gasteiger partial charge in [0, 0.05) is 17.5 Å². The third kappa shape index (κ3) is 9.50. The summed E-state index contributed by atoms with van der Waals surface area (Å²) in [5.74, 6) is -0.223. The number of ketones is 1. The van der Waals surface area contributed by atoms with Crippen LogP contribution in [0.15, 0.2) is 42.3 Å². The fourth-order valence-corrected chi connectivity index (χ4v) is 7.04. The highest BCUT2D eigenvalue weighted by Gasteiger charge is 2.51. The minimum atomic E-state index is -5.89. The number of nitrogens with one attached hydrogen (secondary N) is 1. The fourth-order valence-electron chi connectivity index (χ4n) is 4.96. The van der Waals surface area contributed by atoms with E-state index in [1.54, 1.807) is 0 Å². The van der Waals surface area contributed by atoms with E-state index in [0.29, 0.717) is 0 Å². The van der Waals surface area contributed by atoms with Crippen molar-refractivity contribution < 1.29 is 81.1 Å². The highest BCUT2D eigenvalue weighted by molar-refractivity contribution is 7.59. The van der Waals surface area contributed by atoms with E-state index in [-0.39, 0.29) is 54.7 Å². The molecule has 52 heavy (non-hydrogen) atoms. The van der Waals surface area contributed by atoms with Crippen molar-refractivity contribution in [2.24, 2.45) is 5.11 Å². The summed E-state index contributed by atoms with van der Waals surface area (Å²) in [5, 5.41) is 45.3. The highest BCUT2D eigenvalue weighted by Crippen LogP contribution is 2.57. The van der Waals surface area contributed by atoms with Gasteiger partial charge in [0.05, 0.1) is 38.3 Å².